The van der Waals surface area contributed by atoms with Gasteiger partial charge < -0.3 is 14.8 Å². The highest BCUT2D eigenvalue weighted by Crippen LogP contribution is 2.41. The molecule has 0 aliphatic carbocycles. The van der Waals surface area contributed by atoms with Gasteiger partial charge in [0.1, 0.15) is 0 Å². The molecule has 3 atom stereocenters. The van der Waals surface area contributed by atoms with E-state index in [1.165, 1.54) is 37.9 Å². The van der Waals surface area contributed by atoms with Crippen molar-refractivity contribution in [2.75, 3.05) is 32.1 Å². The summed E-state index contributed by atoms with van der Waals surface area (Å²) in [6.07, 6.45) is 8.72. The highest BCUT2D eigenvalue weighted by Gasteiger charge is 2.43. The SMILES string of the molecule is CCCNC(C1CCOC2(CCOCC2)C1)C1CCCS1. The van der Waals surface area contributed by atoms with E-state index in [1.807, 2.05) is 0 Å². The van der Waals surface area contributed by atoms with Gasteiger partial charge in [0.05, 0.1) is 5.60 Å². The molecule has 3 aliphatic rings. The summed E-state index contributed by atoms with van der Waals surface area (Å²) in [5.74, 6) is 2.15. The molecule has 0 amide bonds. The van der Waals surface area contributed by atoms with Crippen LogP contribution in [0.5, 0.6) is 0 Å². The summed E-state index contributed by atoms with van der Waals surface area (Å²) < 4.78 is 11.8. The Kier molecular flexibility index (Phi) is 5.88. The van der Waals surface area contributed by atoms with Crippen LogP contribution in [0.1, 0.15) is 51.9 Å². The topological polar surface area (TPSA) is 30.5 Å². The van der Waals surface area contributed by atoms with Gasteiger partial charge in [0.25, 0.3) is 0 Å². The van der Waals surface area contributed by atoms with Crippen molar-refractivity contribution in [2.24, 2.45) is 5.92 Å². The molecule has 3 fully saturated rings. The van der Waals surface area contributed by atoms with Crippen molar-refractivity contribution in [2.45, 2.75) is 68.8 Å². The molecule has 3 rings (SSSR count). The van der Waals surface area contributed by atoms with Crippen LogP contribution < -0.4 is 5.32 Å². The second-order valence-electron chi connectivity index (χ2n) is 6.93. The van der Waals surface area contributed by atoms with Crippen molar-refractivity contribution in [1.82, 2.24) is 5.32 Å². The molecule has 3 saturated heterocycles. The van der Waals surface area contributed by atoms with Gasteiger partial charge in [-0.05, 0) is 63.2 Å². The van der Waals surface area contributed by atoms with Crippen LogP contribution in [0.25, 0.3) is 0 Å². The normalized spacial score (nSPS) is 34.1. The van der Waals surface area contributed by atoms with Crippen molar-refractivity contribution in [3.63, 3.8) is 0 Å². The van der Waals surface area contributed by atoms with Gasteiger partial charge in [-0.2, -0.15) is 11.8 Å². The van der Waals surface area contributed by atoms with Crippen molar-refractivity contribution in [1.29, 1.82) is 0 Å². The van der Waals surface area contributed by atoms with E-state index in [2.05, 4.69) is 24.0 Å². The monoisotopic (exact) mass is 313 g/mol. The number of rotatable bonds is 5. The highest BCUT2D eigenvalue weighted by molar-refractivity contribution is 8.00. The number of hydrogen-bond donors (Lipinski definition) is 1. The van der Waals surface area contributed by atoms with Gasteiger partial charge in [-0.25, -0.2) is 0 Å². The average Bonchev–Trinajstić information content (AvgIpc) is 3.03. The third kappa shape index (κ3) is 3.95. The minimum Gasteiger partial charge on any atom is -0.381 e. The third-order valence-corrected chi connectivity index (χ3v) is 6.92. The molecule has 3 unspecified atom stereocenters. The van der Waals surface area contributed by atoms with Crippen molar-refractivity contribution in [3.8, 4) is 0 Å². The molecule has 4 heteroatoms. The van der Waals surface area contributed by atoms with E-state index in [0.29, 0.717) is 6.04 Å². The number of ether oxygens (including phenoxy) is 2. The smallest absolute Gasteiger partial charge is 0.0729 e. The molecule has 122 valence electrons. The molecule has 0 aromatic heterocycles. The molecule has 0 radical (unpaired) electrons. The van der Waals surface area contributed by atoms with Gasteiger partial charge >= 0.3 is 0 Å². The van der Waals surface area contributed by atoms with E-state index in [0.717, 1.165) is 50.4 Å². The molecular formula is C17H31NO2S. The molecule has 1 spiro atoms. The maximum Gasteiger partial charge on any atom is 0.0729 e. The fourth-order valence-corrected chi connectivity index (χ4v) is 5.76. The van der Waals surface area contributed by atoms with Gasteiger partial charge in [0.2, 0.25) is 0 Å². The number of hydrogen-bond acceptors (Lipinski definition) is 4. The zero-order valence-electron chi connectivity index (χ0n) is 13.4. The van der Waals surface area contributed by atoms with Crippen molar-refractivity contribution >= 4 is 11.8 Å². The second-order valence-corrected chi connectivity index (χ2v) is 8.28. The Hall–Kier alpha value is 0.230. The molecule has 0 aromatic carbocycles. The Morgan fingerprint density at radius 2 is 2.10 bits per heavy atom. The molecule has 3 heterocycles. The summed E-state index contributed by atoms with van der Waals surface area (Å²) >= 11 is 2.20. The Morgan fingerprint density at radius 1 is 1.24 bits per heavy atom. The number of nitrogens with one attached hydrogen (secondary N) is 1. The summed E-state index contributed by atoms with van der Waals surface area (Å²) in [6.45, 7) is 6.16. The predicted octanol–water partition coefficient (Wildman–Crippen LogP) is 3.23. The van der Waals surface area contributed by atoms with Crippen LogP contribution in [0, 0.1) is 5.92 Å². The lowest BCUT2D eigenvalue weighted by Crippen LogP contribution is -2.52. The maximum absolute atomic E-state index is 6.24. The Morgan fingerprint density at radius 3 is 2.81 bits per heavy atom. The molecule has 0 bridgehead atoms. The second kappa shape index (κ2) is 7.67. The lowest BCUT2D eigenvalue weighted by atomic mass is 9.76. The maximum atomic E-state index is 6.24. The first kappa shape index (κ1) is 16.1. The van der Waals surface area contributed by atoms with E-state index < -0.39 is 0 Å². The number of thioether (sulfide) groups is 1. The summed E-state index contributed by atoms with van der Waals surface area (Å²) in [5.41, 5.74) is 0.135. The van der Waals surface area contributed by atoms with Gasteiger partial charge in [-0.1, -0.05) is 6.92 Å². The minimum atomic E-state index is 0.135. The average molecular weight is 314 g/mol. The first-order valence-electron chi connectivity index (χ1n) is 8.90. The van der Waals surface area contributed by atoms with Crippen LogP contribution >= 0.6 is 11.8 Å². The van der Waals surface area contributed by atoms with E-state index >= 15 is 0 Å². The fourth-order valence-electron chi connectivity index (χ4n) is 4.26. The van der Waals surface area contributed by atoms with Crippen molar-refractivity contribution < 1.29 is 9.47 Å². The minimum absolute atomic E-state index is 0.135. The van der Waals surface area contributed by atoms with Crippen LogP contribution in [-0.4, -0.2) is 49.0 Å². The first-order valence-corrected chi connectivity index (χ1v) is 9.94. The van der Waals surface area contributed by atoms with Crippen LogP contribution in [0.3, 0.4) is 0 Å². The van der Waals surface area contributed by atoms with Gasteiger partial charge in [-0.15, -0.1) is 0 Å². The van der Waals surface area contributed by atoms with Crippen LogP contribution in [-0.2, 0) is 9.47 Å². The molecular weight excluding hydrogens is 282 g/mol. The Balaban J connectivity index is 1.65. The standard InChI is InChI=1S/C17H31NO2S/c1-2-8-18-16(15-4-3-12-21-15)14-5-9-20-17(13-14)6-10-19-11-7-17/h14-16,18H,2-13H2,1H3. The van der Waals surface area contributed by atoms with E-state index in [-0.39, 0.29) is 5.60 Å². The largest absolute Gasteiger partial charge is 0.381 e. The highest BCUT2D eigenvalue weighted by atomic mass is 32.2. The zero-order chi connectivity index (χ0) is 14.5. The molecule has 3 nitrogen and oxygen atoms in total. The van der Waals surface area contributed by atoms with Crippen LogP contribution in [0.4, 0.5) is 0 Å². The fraction of sp³-hybridized carbons (Fsp3) is 1.00. The van der Waals surface area contributed by atoms with E-state index in [4.69, 9.17) is 9.47 Å². The summed E-state index contributed by atoms with van der Waals surface area (Å²) in [7, 11) is 0. The first-order chi connectivity index (χ1) is 10.3. The molecule has 1 N–H and O–H groups in total. The van der Waals surface area contributed by atoms with Crippen molar-refractivity contribution in [3.05, 3.63) is 0 Å². The Labute approximate surface area is 133 Å². The van der Waals surface area contributed by atoms with Crippen LogP contribution in [0.2, 0.25) is 0 Å². The van der Waals surface area contributed by atoms with E-state index in [1.54, 1.807) is 0 Å². The molecule has 0 aromatic rings. The van der Waals surface area contributed by atoms with E-state index in [9.17, 15) is 0 Å². The molecule has 3 aliphatic heterocycles. The van der Waals surface area contributed by atoms with Gasteiger partial charge in [0, 0.05) is 31.1 Å². The zero-order valence-corrected chi connectivity index (χ0v) is 14.3. The summed E-state index contributed by atoms with van der Waals surface area (Å²) in [5, 5.41) is 4.73. The summed E-state index contributed by atoms with van der Waals surface area (Å²) in [6, 6.07) is 0.695. The van der Waals surface area contributed by atoms with Gasteiger partial charge in [-0.3, -0.25) is 0 Å². The van der Waals surface area contributed by atoms with Crippen LogP contribution in [0.15, 0.2) is 0 Å². The molecule has 21 heavy (non-hydrogen) atoms. The predicted molar refractivity (Wildman–Crippen MR) is 89.0 cm³/mol. The Bertz CT molecular complexity index is 308. The lowest BCUT2D eigenvalue weighted by molar-refractivity contribution is -0.150. The van der Waals surface area contributed by atoms with Gasteiger partial charge in [0.15, 0.2) is 0 Å². The lowest BCUT2D eigenvalue weighted by Gasteiger charge is -2.46. The molecule has 0 saturated carbocycles. The quantitative estimate of drug-likeness (QED) is 0.844. The summed E-state index contributed by atoms with van der Waals surface area (Å²) in [4.78, 5) is 0. The third-order valence-electron chi connectivity index (χ3n) is 5.44.